The van der Waals surface area contributed by atoms with Crippen LogP contribution in [-0.4, -0.2) is 26.8 Å². The largest absolute Gasteiger partial charge is 0.309 e. The van der Waals surface area contributed by atoms with E-state index in [1.807, 2.05) is 18.2 Å². The quantitative estimate of drug-likeness (QED) is 0.891. The van der Waals surface area contributed by atoms with Crippen LogP contribution < -0.4 is 5.32 Å². The lowest BCUT2D eigenvalue weighted by Gasteiger charge is -2.20. The summed E-state index contributed by atoms with van der Waals surface area (Å²) >= 11 is 12.6. The van der Waals surface area contributed by atoms with Gasteiger partial charge in [-0.1, -0.05) is 36.2 Å². The number of benzene rings is 1. The minimum atomic E-state index is -0.0275. The molecule has 0 fully saturated rings. The maximum absolute atomic E-state index is 6.29. The van der Waals surface area contributed by atoms with Crippen LogP contribution >= 0.6 is 23.2 Å². The number of nitrogens with zero attached hydrogens (tertiary/aromatic N) is 4. The number of aryl methyl sites for hydroxylation is 1. The first-order valence-electron chi connectivity index (χ1n) is 6.52. The highest BCUT2D eigenvalue weighted by molar-refractivity contribution is 6.36. The van der Waals surface area contributed by atoms with E-state index >= 15 is 0 Å². The molecule has 5 nitrogen and oxygen atoms in total. The van der Waals surface area contributed by atoms with E-state index in [4.69, 9.17) is 23.2 Å². The van der Waals surface area contributed by atoms with Gasteiger partial charge in [0.15, 0.2) is 5.82 Å². The van der Waals surface area contributed by atoms with Gasteiger partial charge in [0.1, 0.15) is 0 Å². The Morgan fingerprint density at radius 1 is 1.30 bits per heavy atom. The van der Waals surface area contributed by atoms with Crippen LogP contribution in [0, 0.1) is 0 Å². The summed E-state index contributed by atoms with van der Waals surface area (Å²) in [5.74, 6) is 0.664. The summed E-state index contributed by atoms with van der Waals surface area (Å²) in [6, 6.07) is 5.49. The summed E-state index contributed by atoms with van der Waals surface area (Å²) in [5, 5.41) is 16.8. The fourth-order valence-corrected chi connectivity index (χ4v) is 2.69. The molecule has 1 unspecified atom stereocenters. The molecule has 0 aliphatic rings. The van der Waals surface area contributed by atoms with E-state index in [2.05, 4.69) is 27.7 Å². The first kappa shape index (κ1) is 15.2. The van der Waals surface area contributed by atoms with Gasteiger partial charge in [0.2, 0.25) is 0 Å². The van der Waals surface area contributed by atoms with E-state index in [0.717, 1.165) is 18.5 Å². The molecule has 0 radical (unpaired) electrons. The lowest BCUT2D eigenvalue weighted by molar-refractivity contribution is 0.517. The van der Waals surface area contributed by atoms with E-state index in [0.29, 0.717) is 22.3 Å². The summed E-state index contributed by atoms with van der Waals surface area (Å²) in [6.07, 6.45) is 1.61. The van der Waals surface area contributed by atoms with Crippen molar-refractivity contribution in [1.29, 1.82) is 0 Å². The monoisotopic (exact) mass is 313 g/mol. The summed E-state index contributed by atoms with van der Waals surface area (Å²) < 4.78 is 0. The molecule has 20 heavy (non-hydrogen) atoms. The second-order valence-electron chi connectivity index (χ2n) is 4.54. The number of rotatable bonds is 6. The minimum Gasteiger partial charge on any atom is -0.309 e. The van der Waals surface area contributed by atoms with E-state index in [-0.39, 0.29) is 6.04 Å². The summed E-state index contributed by atoms with van der Waals surface area (Å²) in [6.45, 7) is 2.98. The predicted octanol–water partition coefficient (Wildman–Crippen LogP) is 2.80. The second-order valence-corrected chi connectivity index (χ2v) is 5.36. The van der Waals surface area contributed by atoms with Crippen molar-refractivity contribution in [3.63, 3.8) is 0 Å². The van der Waals surface area contributed by atoms with Crippen molar-refractivity contribution in [2.75, 3.05) is 6.54 Å². The first-order valence-corrected chi connectivity index (χ1v) is 7.27. The van der Waals surface area contributed by atoms with Gasteiger partial charge in [0.25, 0.3) is 0 Å². The molecule has 108 valence electrons. The van der Waals surface area contributed by atoms with Gasteiger partial charge in [-0.25, -0.2) is 0 Å². The molecule has 1 atom stereocenters. The number of hydrogen-bond acceptors (Lipinski definition) is 4. The van der Waals surface area contributed by atoms with E-state index < -0.39 is 0 Å². The minimum absolute atomic E-state index is 0.0275. The molecule has 0 aliphatic heterocycles. The van der Waals surface area contributed by atoms with Crippen molar-refractivity contribution in [1.82, 2.24) is 25.5 Å². The molecule has 0 saturated heterocycles. The molecule has 1 heterocycles. The second kappa shape index (κ2) is 7.02. The molecule has 0 aliphatic carbocycles. The highest BCUT2D eigenvalue weighted by Gasteiger charge is 2.20. The van der Waals surface area contributed by atoms with Gasteiger partial charge < -0.3 is 5.32 Å². The van der Waals surface area contributed by atoms with Gasteiger partial charge in [0.05, 0.1) is 7.05 Å². The molecule has 1 N–H and O–H groups in total. The van der Waals surface area contributed by atoms with Crippen LogP contribution in [0.5, 0.6) is 0 Å². The standard InChI is InChI=1S/C13H17Cl2N5/c1-3-7-16-11(8-12-17-19-20(2)18-12)13-9(14)5-4-6-10(13)15/h4-6,11,16H,3,7-8H2,1-2H3. The number of tetrazole rings is 1. The van der Waals surface area contributed by atoms with E-state index in [1.165, 1.54) is 4.80 Å². The van der Waals surface area contributed by atoms with E-state index in [1.54, 1.807) is 7.05 Å². The molecule has 1 aromatic heterocycles. The van der Waals surface area contributed by atoms with Gasteiger partial charge in [-0.15, -0.1) is 10.2 Å². The smallest absolute Gasteiger partial charge is 0.176 e. The van der Waals surface area contributed by atoms with Crippen molar-refractivity contribution < 1.29 is 0 Å². The third-order valence-electron chi connectivity index (χ3n) is 2.93. The highest BCUT2D eigenvalue weighted by Crippen LogP contribution is 2.31. The molecule has 0 spiro atoms. The zero-order chi connectivity index (χ0) is 14.5. The molecular formula is C13H17Cl2N5. The zero-order valence-corrected chi connectivity index (χ0v) is 13.0. The topological polar surface area (TPSA) is 55.6 Å². The van der Waals surface area contributed by atoms with Crippen LogP contribution in [0.1, 0.15) is 30.8 Å². The Balaban J connectivity index is 2.27. The number of nitrogens with one attached hydrogen (secondary N) is 1. The Morgan fingerprint density at radius 3 is 2.55 bits per heavy atom. The molecule has 0 amide bonds. The SMILES string of the molecule is CCCNC(Cc1nnn(C)n1)c1c(Cl)cccc1Cl. The number of halogens is 2. The Kier molecular flexibility index (Phi) is 5.34. The summed E-state index contributed by atoms with van der Waals surface area (Å²) in [7, 11) is 1.74. The maximum atomic E-state index is 6.29. The van der Waals surface area contributed by atoms with Crippen molar-refractivity contribution in [3.05, 3.63) is 39.6 Å². The molecule has 2 rings (SSSR count). The third-order valence-corrected chi connectivity index (χ3v) is 3.58. The van der Waals surface area contributed by atoms with Gasteiger partial charge in [0, 0.05) is 28.1 Å². The average Bonchev–Trinajstić information content (AvgIpc) is 2.81. The van der Waals surface area contributed by atoms with Gasteiger partial charge in [-0.3, -0.25) is 0 Å². The first-order chi connectivity index (χ1) is 9.61. The van der Waals surface area contributed by atoms with Gasteiger partial charge >= 0.3 is 0 Å². The average molecular weight is 314 g/mol. The van der Waals surface area contributed by atoms with Crippen molar-refractivity contribution >= 4 is 23.2 Å². The van der Waals surface area contributed by atoms with Gasteiger partial charge in [-0.05, 0) is 30.3 Å². The molecule has 2 aromatic rings. The zero-order valence-electron chi connectivity index (χ0n) is 11.5. The lowest BCUT2D eigenvalue weighted by atomic mass is 10.0. The Labute approximate surface area is 128 Å². The molecule has 1 aromatic carbocycles. The predicted molar refractivity (Wildman–Crippen MR) is 80.0 cm³/mol. The van der Waals surface area contributed by atoms with Crippen molar-refractivity contribution in [2.24, 2.45) is 7.05 Å². The molecule has 0 bridgehead atoms. The number of aromatic nitrogens is 4. The molecule has 7 heteroatoms. The Hall–Kier alpha value is -1.17. The Bertz CT molecular complexity index is 549. The maximum Gasteiger partial charge on any atom is 0.176 e. The van der Waals surface area contributed by atoms with Crippen LogP contribution in [0.15, 0.2) is 18.2 Å². The van der Waals surface area contributed by atoms with Crippen LogP contribution in [-0.2, 0) is 13.5 Å². The third kappa shape index (κ3) is 3.69. The number of hydrogen-bond donors (Lipinski definition) is 1. The van der Waals surface area contributed by atoms with Crippen LogP contribution in [0.4, 0.5) is 0 Å². The highest BCUT2D eigenvalue weighted by atomic mass is 35.5. The normalized spacial score (nSPS) is 12.6. The fourth-order valence-electron chi connectivity index (χ4n) is 2.03. The summed E-state index contributed by atoms with van der Waals surface area (Å²) in [4.78, 5) is 1.44. The van der Waals surface area contributed by atoms with Crippen LogP contribution in [0.3, 0.4) is 0 Å². The van der Waals surface area contributed by atoms with E-state index in [9.17, 15) is 0 Å². The summed E-state index contributed by atoms with van der Waals surface area (Å²) in [5.41, 5.74) is 0.886. The molecular weight excluding hydrogens is 297 g/mol. The van der Waals surface area contributed by atoms with Crippen LogP contribution in [0.2, 0.25) is 10.0 Å². The molecule has 0 saturated carbocycles. The fraction of sp³-hybridized carbons (Fsp3) is 0.462. The van der Waals surface area contributed by atoms with Crippen LogP contribution in [0.25, 0.3) is 0 Å². The van der Waals surface area contributed by atoms with Crippen molar-refractivity contribution in [3.8, 4) is 0 Å². The lowest BCUT2D eigenvalue weighted by Crippen LogP contribution is -2.25. The van der Waals surface area contributed by atoms with Gasteiger partial charge in [-0.2, -0.15) is 4.80 Å². The Morgan fingerprint density at radius 2 is 2.00 bits per heavy atom. The van der Waals surface area contributed by atoms with Crippen molar-refractivity contribution in [2.45, 2.75) is 25.8 Å².